The van der Waals surface area contributed by atoms with Crippen LogP contribution < -0.4 is 4.74 Å². The molecule has 0 N–H and O–H groups in total. The molecule has 0 saturated heterocycles. The van der Waals surface area contributed by atoms with Crippen molar-refractivity contribution in [2.75, 3.05) is 0 Å². The first-order valence-electron chi connectivity index (χ1n) is 13.3. The Bertz CT molecular complexity index is 1290. The highest BCUT2D eigenvalue weighted by Crippen LogP contribution is 2.35. The van der Waals surface area contributed by atoms with Gasteiger partial charge in [0.25, 0.3) is 0 Å². The lowest BCUT2D eigenvalue weighted by Gasteiger charge is -2.21. The van der Waals surface area contributed by atoms with Crippen LogP contribution in [0, 0.1) is 12.8 Å². The zero-order chi connectivity index (χ0) is 24.2. The third kappa shape index (κ3) is 5.07. The van der Waals surface area contributed by atoms with Crippen LogP contribution in [0.5, 0.6) is 11.5 Å². The Morgan fingerprint density at radius 3 is 2.31 bits per heavy atom. The normalized spacial score (nSPS) is 14.3. The van der Waals surface area contributed by atoms with Crippen LogP contribution in [0.2, 0.25) is 0 Å². The monoisotopic (exact) mass is 463 g/mol. The van der Waals surface area contributed by atoms with Gasteiger partial charge in [-0.3, -0.25) is 0 Å². The van der Waals surface area contributed by atoms with E-state index in [1.54, 1.807) is 0 Å². The summed E-state index contributed by atoms with van der Waals surface area (Å²) in [6.45, 7) is 8.46. The van der Waals surface area contributed by atoms with Gasteiger partial charge in [0.05, 0.1) is 5.52 Å². The fourth-order valence-corrected chi connectivity index (χ4v) is 5.68. The van der Waals surface area contributed by atoms with E-state index in [0.717, 1.165) is 23.8 Å². The number of fused-ring (bicyclic) bond motifs is 1. The summed E-state index contributed by atoms with van der Waals surface area (Å²) in [5.41, 5.74) is 7.57. The minimum absolute atomic E-state index is 0.849. The molecule has 0 spiro atoms. The molecule has 3 aromatic carbocycles. The zero-order valence-electron chi connectivity index (χ0n) is 21.2. The second-order valence-corrected chi connectivity index (χ2v) is 10.1. The van der Waals surface area contributed by atoms with Crippen molar-refractivity contribution in [2.45, 2.75) is 65.2 Å². The smallest absolute Gasteiger partial charge is 0.128 e. The molecule has 35 heavy (non-hydrogen) atoms. The number of nitrogens with zero attached hydrogens (tertiary/aromatic N) is 1. The van der Waals surface area contributed by atoms with Gasteiger partial charge in [-0.15, -0.1) is 0 Å². The number of aromatic nitrogens is 1. The van der Waals surface area contributed by atoms with Crippen molar-refractivity contribution < 1.29 is 4.74 Å². The molecule has 2 heteroatoms. The third-order valence-corrected chi connectivity index (χ3v) is 7.64. The molecule has 0 unspecified atom stereocenters. The quantitative estimate of drug-likeness (QED) is 0.254. The minimum atomic E-state index is 0.849. The second-order valence-electron chi connectivity index (χ2n) is 10.1. The SMILES string of the molecule is C=Cc1c(CC)n(-c2ccc(CCC3CCCCC3)cc2)c2ccc(Oc3ccc(C)cc3)cc12. The van der Waals surface area contributed by atoms with Crippen molar-refractivity contribution in [1.82, 2.24) is 4.57 Å². The molecular formula is C33H37NO. The fraction of sp³-hybridized carbons (Fsp3) is 0.333. The van der Waals surface area contributed by atoms with Crippen LogP contribution in [0.1, 0.15) is 67.8 Å². The zero-order valence-corrected chi connectivity index (χ0v) is 21.2. The molecule has 2 nitrogen and oxygen atoms in total. The van der Waals surface area contributed by atoms with E-state index in [-0.39, 0.29) is 0 Å². The molecule has 4 aromatic rings. The highest BCUT2D eigenvalue weighted by atomic mass is 16.5. The predicted octanol–water partition coefficient (Wildman–Crippen LogP) is 9.45. The molecule has 5 rings (SSSR count). The summed E-state index contributed by atoms with van der Waals surface area (Å²) >= 11 is 0. The number of hydrogen-bond acceptors (Lipinski definition) is 1. The summed E-state index contributed by atoms with van der Waals surface area (Å²) in [4.78, 5) is 0. The maximum atomic E-state index is 6.18. The van der Waals surface area contributed by atoms with Crippen LogP contribution in [0.4, 0.5) is 0 Å². The third-order valence-electron chi connectivity index (χ3n) is 7.64. The van der Waals surface area contributed by atoms with E-state index in [0.29, 0.717) is 0 Å². The number of hydrogen-bond donors (Lipinski definition) is 0. The van der Waals surface area contributed by atoms with Crippen LogP contribution in [0.25, 0.3) is 22.7 Å². The predicted molar refractivity (Wildman–Crippen MR) is 149 cm³/mol. The Balaban J connectivity index is 1.43. The summed E-state index contributed by atoms with van der Waals surface area (Å²) in [5.74, 6) is 2.63. The number of rotatable bonds is 8. The van der Waals surface area contributed by atoms with Crippen LogP contribution in [0.15, 0.2) is 73.3 Å². The van der Waals surface area contributed by atoms with Crippen molar-refractivity contribution in [3.8, 4) is 17.2 Å². The van der Waals surface area contributed by atoms with Gasteiger partial charge in [-0.1, -0.05) is 81.5 Å². The topological polar surface area (TPSA) is 14.2 Å². The largest absolute Gasteiger partial charge is 0.457 e. The van der Waals surface area contributed by atoms with Crippen LogP contribution in [0.3, 0.4) is 0 Å². The van der Waals surface area contributed by atoms with Gasteiger partial charge in [0, 0.05) is 22.3 Å². The fourth-order valence-electron chi connectivity index (χ4n) is 5.68. The Labute approximate surface area is 210 Å². The Kier molecular flexibility index (Phi) is 7.08. The summed E-state index contributed by atoms with van der Waals surface area (Å²) in [7, 11) is 0. The van der Waals surface area contributed by atoms with Gasteiger partial charge in [0.15, 0.2) is 0 Å². The number of benzene rings is 3. The molecule has 180 valence electrons. The summed E-state index contributed by atoms with van der Waals surface area (Å²) in [6.07, 6.45) is 12.6. The molecule has 1 heterocycles. The molecule has 0 aliphatic heterocycles. The van der Waals surface area contributed by atoms with Crippen molar-refractivity contribution in [2.24, 2.45) is 5.92 Å². The van der Waals surface area contributed by atoms with E-state index in [2.05, 4.69) is 79.6 Å². The van der Waals surface area contributed by atoms with Gasteiger partial charge < -0.3 is 9.30 Å². The Morgan fingerprint density at radius 2 is 1.63 bits per heavy atom. The summed E-state index contributed by atoms with van der Waals surface area (Å²) in [5, 5.41) is 1.18. The lowest BCUT2D eigenvalue weighted by atomic mass is 9.85. The van der Waals surface area contributed by atoms with Crippen molar-refractivity contribution in [1.29, 1.82) is 0 Å². The van der Waals surface area contributed by atoms with Crippen LogP contribution in [-0.2, 0) is 12.8 Å². The van der Waals surface area contributed by atoms with E-state index in [4.69, 9.17) is 4.74 Å². The lowest BCUT2D eigenvalue weighted by molar-refractivity contribution is 0.339. The average molecular weight is 464 g/mol. The van der Waals surface area contributed by atoms with E-state index in [9.17, 15) is 0 Å². The highest BCUT2D eigenvalue weighted by molar-refractivity contribution is 5.93. The molecule has 0 amide bonds. The van der Waals surface area contributed by atoms with E-state index in [1.165, 1.54) is 83.9 Å². The van der Waals surface area contributed by atoms with E-state index >= 15 is 0 Å². The number of aryl methyl sites for hydroxylation is 2. The summed E-state index contributed by atoms with van der Waals surface area (Å²) < 4.78 is 8.57. The lowest BCUT2D eigenvalue weighted by Crippen LogP contribution is -2.07. The Morgan fingerprint density at radius 1 is 0.914 bits per heavy atom. The molecule has 1 fully saturated rings. The van der Waals surface area contributed by atoms with E-state index in [1.807, 2.05) is 18.2 Å². The first kappa shape index (κ1) is 23.5. The summed E-state index contributed by atoms with van der Waals surface area (Å²) in [6, 6.07) is 23.8. The first-order valence-corrected chi connectivity index (χ1v) is 13.3. The van der Waals surface area contributed by atoms with Gasteiger partial charge in [0.1, 0.15) is 11.5 Å². The van der Waals surface area contributed by atoms with Gasteiger partial charge in [-0.2, -0.15) is 0 Å². The molecule has 1 aliphatic carbocycles. The van der Waals surface area contributed by atoms with Gasteiger partial charge in [0.2, 0.25) is 0 Å². The second kappa shape index (κ2) is 10.6. The van der Waals surface area contributed by atoms with Crippen molar-refractivity contribution in [3.05, 3.63) is 95.7 Å². The van der Waals surface area contributed by atoms with Crippen molar-refractivity contribution in [3.63, 3.8) is 0 Å². The molecule has 1 saturated carbocycles. The van der Waals surface area contributed by atoms with Gasteiger partial charge in [-0.25, -0.2) is 0 Å². The maximum absolute atomic E-state index is 6.18. The van der Waals surface area contributed by atoms with Crippen molar-refractivity contribution >= 4 is 17.0 Å². The molecule has 0 radical (unpaired) electrons. The van der Waals surface area contributed by atoms with Gasteiger partial charge >= 0.3 is 0 Å². The minimum Gasteiger partial charge on any atom is -0.457 e. The maximum Gasteiger partial charge on any atom is 0.128 e. The van der Waals surface area contributed by atoms with Crippen LogP contribution >= 0.6 is 0 Å². The number of ether oxygens (including phenoxy) is 1. The van der Waals surface area contributed by atoms with E-state index < -0.39 is 0 Å². The standard InChI is InChI=1S/C33H37NO/c1-4-30-31-23-29(35-28-19-11-24(3)12-20-28)21-22-33(31)34(32(30)5-2)27-17-15-26(16-18-27)14-13-25-9-7-6-8-10-25/h4,11-12,15-23,25H,1,5-10,13-14H2,2-3H3. The molecule has 0 atom stereocenters. The molecular weight excluding hydrogens is 426 g/mol. The van der Waals surface area contributed by atoms with Gasteiger partial charge in [-0.05, 0) is 80.1 Å². The highest BCUT2D eigenvalue weighted by Gasteiger charge is 2.17. The first-order chi connectivity index (χ1) is 17.2. The molecule has 1 aromatic heterocycles. The molecule has 0 bridgehead atoms. The van der Waals surface area contributed by atoms with Crippen LogP contribution in [-0.4, -0.2) is 4.57 Å². The molecule has 1 aliphatic rings. The Hall–Kier alpha value is -3.26. The average Bonchev–Trinajstić information content (AvgIpc) is 3.22.